The van der Waals surface area contributed by atoms with Crippen LogP contribution < -0.4 is 5.32 Å². The molecule has 1 aromatic rings. The fourth-order valence-electron chi connectivity index (χ4n) is 1.78. The third-order valence-corrected chi connectivity index (χ3v) is 2.70. The number of nitrogens with one attached hydrogen (secondary N) is 1. The number of aromatic carboxylic acids is 1. The van der Waals surface area contributed by atoms with Gasteiger partial charge in [-0.15, -0.1) is 5.10 Å². The zero-order valence-corrected chi connectivity index (χ0v) is 14.0. The predicted molar refractivity (Wildman–Crippen MR) is 81.2 cm³/mol. The number of hydrogen-bond acceptors (Lipinski definition) is 6. The summed E-state index contributed by atoms with van der Waals surface area (Å²) in [5, 5.41) is 19.2. The average molecular weight is 328 g/mol. The van der Waals surface area contributed by atoms with Gasteiger partial charge in [-0.2, -0.15) is 0 Å². The Balaban J connectivity index is 2.71. The molecule has 0 unspecified atom stereocenters. The maximum Gasteiger partial charge on any atom is 0.407 e. The SMILES string of the molecule is CCOCCCn1nnc(C(=O)O)c1CNC(=O)OC(C)(C)C. The van der Waals surface area contributed by atoms with Crippen molar-refractivity contribution in [3.05, 3.63) is 11.4 Å². The van der Waals surface area contributed by atoms with Crippen LogP contribution in [-0.4, -0.2) is 51.0 Å². The summed E-state index contributed by atoms with van der Waals surface area (Å²) in [6.45, 7) is 8.71. The molecule has 0 atom stereocenters. The Morgan fingerprint density at radius 1 is 1.35 bits per heavy atom. The molecule has 0 aliphatic carbocycles. The number of aromatic nitrogens is 3. The summed E-state index contributed by atoms with van der Waals surface area (Å²) in [5.41, 5.74) is -0.493. The van der Waals surface area contributed by atoms with E-state index in [0.717, 1.165) is 0 Å². The molecule has 0 aliphatic heterocycles. The lowest BCUT2D eigenvalue weighted by molar-refractivity contribution is 0.0519. The van der Waals surface area contributed by atoms with Crippen LogP contribution >= 0.6 is 0 Å². The van der Waals surface area contributed by atoms with E-state index in [4.69, 9.17) is 14.6 Å². The van der Waals surface area contributed by atoms with Crippen molar-refractivity contribution in [3.63, 3.8) is 0 Å². The normalized spacial score (nSPS) is 11.3. The number of rotatable bonds is 8. The van der Waals surface area contributed by atoms with Gasteiger partial charge >= 0.3 is 12.1 Å². The van der Waals surface area contributed by atoms with Crippen molar-refractivity contribution >= 4 is 12.1 Å². The van der Waals surface area contributed by atoms with Crippen LogP contribution in [0.15, 0.2) is 0 Å². The van der Waals surface area contributed by atoms with Crippen molar-refractivity contribution in [3.8, 4) is 0 Å². The molecule has 9 nitrogen and oxygen atoms in total. The molecule has 0 radical (unpaired) electrons. The van der Waals surface area contributed by atoms with Crippen LogP contribution in [0.4, 0.5) is 4.79 Å². The monoisotopic (exact) mass is 328 g/mol. The van der Waals surface area contributed by atoms with Gasteiger partial charge < -0.3 is 19.9 Å². The summed E-state index contributed by atoms with van der Waals surface area (Å²) in [4.78, 5) is 22.9. The van der Waals surface area contributed by atoms with E-state index in [-0.39, 0.29) is 12.2 Å². The summed E-state index contributed by atoms with van der Waals surface area (Å²) < 4.78 is 11.8. The van der Waals surface area contributed by atoms with Crippen LogP contribution in [0, 0.1) is 0 Å². The number of carbonyl (C=O) groups excluding carboxylic acids is 1. The van der Waals surface area contributed by atoms with Gasteiger partial charge in [-0.25, -0.2) is 14.3 Å². The molecule has 0 bridgehead atoms. The first-order chi connectivity index (χ1) is 10.7. The van der Waals surface area contributed by atoms with E-state index in [1.807, 2.05) is 6.92 Å². The minimum absolute atomic E-state index is 0.0296. The van der Waals surface area contributed by atoms with Crippen LogP contribution in [0.25, 0.3) is 0 Å². The van der Waals surface area contributed by atoms with E-state index in [1.165, 1.54) is 4.68 Å². The molecule has 1 heterocycles. The highest BCUT2D eigenvalue weighted by molar-refractivity contribution is 5.86. The summed E-state index contributed by atoms with van der Waals surface area (Å²) >= 11 is 0. The first-order valence-corrected chi connectivity index (χ1v) is 7.45. The van der Waals surface area contributed by atoms with Crippen molar-refractivity contribution in [2.24, 2.45) is 0 Å². The Bertz CT molecular complexity index is 536. The third-order valence-electron chi connectivity index (χ3n) is 2.70. The van der Waals surface area contributed by atoms with E-state index in [1.54, 1.807) is 20.8 Å². The molecule has 9 heteroatoms. The summed E-state index contributed by atoms with van der Waals surface area (Å²) in [6, 6.07) is 0. The minimum atomic E-state index is -1.19. The molecular weight excluding hydrogens is 304 g/mol. The molecule has 1 amide bonds. The van der Waals surface area contributed by atoms with E-state index in [9.17, 15) is 9.59 Å². The number of nitrogens with zero attached hydrogens (tertiary/aromatic N) is 3. The van der Waals surface area contributed by atoms with Crippen molar-refractivity contribution in [1.29, 1.82) is 0 Å². The number of ether oxygens (including phenoxy) is 2. The molecule has 130 valence electrons. The summed E-state index contributed by atoms with van der Waals surface area (Å²) in [5.74, 6) is -1.19. The lowest BCUT2D eigenvalue weighted by Gasteiger charge is -2.19. The quantitative estimate of drug-likeness (QED) is 0.693. The zero-order chi connectivity index (χ0) is 17.5. The number of carboxylic acids is 1. The third kappa shape index (κ3) is 6.64. The molecule has 1 aromatic heterocycles. The Hall–Kier alpha value is -2.16. The largest absolute Gasteiger partial charge is 0.476 e. The molecule has 0 saturated carbocycles. The molecule has 2 N–H and O–H groups in total. The second-order valence-corrected chi connectivity index (χ2v) is 5.82. The van der Waals surface area contributed by atoms with Crippen LogP contribution in [0.5, 0.6) is 0 Å². The number of carboxylic acid groups (broad SMARTS) is 1. The van der Waals surface area contributed by atoms with Crippen LogP contribution in [0.2, 0.25) is 0 Å². The van der Waals surface area contributed by atoms with Crippen molar-refractivity contribution in [2.45, 2.75) is 52.8 Å². The van der Waals surface area contributed by atoms with E-state index < -0.39 is 17.7 Å². The number of aryl methyl sites for hydroxylation is 1. The standard InChI is InChI=1S/C14H24N4O5/c1-5-22-8-6-7-18-10(11(12(19)20)16-17-18)9-15-13(21)23-14(2,3)4/h5-9H2,1-4H3,(H,15,21)(H,19,20). The van der Waals surface area contributed by atoms with Gasteiger partial charge in [-0.05, 0) is 34.1 Å². The number of carbonyl (C=O) groups is 2. The maximum absolute atomic E-state index is 11.7. The number of alkyl carbamates (subject to hydrolysis) is 1. The maximum atomic E-state index is 11.7. The van der Waals surface area contributed by atoms with Crippen LogP contribution in [-0.2, 0) is 22.6 Å². The Labute approximate surface area is 135 Å². The molecular formula is C14H24N4O5. The number of hydrogen-bond donors (Lipinski definition) is 2. The second-order valence-electron chi connectivity index (χ2n) is 5.82. The van der Waals surface area contributed by atoms with E-state index in [2.05, 4.69) is 15.6 Å². The number of amides is 1. The van der Waals surface area contributed by atoms with Crippen LogP contribution in [0.3, 0.4) is 0 Å². The van der Waals surface area contributed by atoms with Gasteiger partial charge in [0.15, 0.2) is 5.69 Å². The van der Waals surface area contributed by atoms with Gasteiger partial charge in [0.05, 0.1) is 12.2 Å². The van der Waals surface area contributed by atoms with Gasteiger partial charge in [0.2, 0.25) is 0 Å². The smallest absolute Gasteiger partial charge is 0.407 e. The molecule has 0 spiro atoms. The van der Waals surface area contributed by atoms with Gasteiger partial charge in [-0.3, -0.25) is 0 Å². The van der Waals surface area contributed by atoms with Crippen molar-refractivity contribution in [1.82, 2.24) is 20.3 Å². The average Bonchev–Trinajstić information content (AvgIpc) is 2.82. The topological polar surface area (TPSA) is 116 Å². The van der Waals surface area contributed by atoms with Gasteiger partial charge in [0.1, 0.15) is 5.60 Å². The van der Waals surface area contributed by atoms with Gasteiger partial charge in [0, 0.05) is 19.8 Å². The predicted octanol–water partition coefficient (Wildman–Crippen LogP) is 1.43. The van der Waals surface area contributed by atoms with E-state index >= 15 is 0 Å². The van der Waals surface area contributed by atoms with Crippen LogP contribution in [0.1, 0.15) is 50.3 Å². The molecule has 0 aliphatic rings. The minimum Gasteiger partial charge on any atom is -0.476 e. The molecule has 1 rings (SSSR count). The lowest BCUT2D eigenvalue weighted by Crippen LogP contribution is -2.33. The molecule has 23 heavy (non-hydrogen) atoms. The van der Waals surface area contributed by atoms with Gasteiger partial charge in [0.25, 0.3) is 0 Å². The summed E-state index contributed by atoms with van der Waals surface area (Å²) in [7, 11) is 0. The Morgan fingerprint density at radius 2 is 2.04 bits per heavy atom. The lowest BCUT2D eigenvalue weighted by atomic mass is 10.2. The van der Waals surface area contributed by atoms with Gasteiger partial charge in [-0.1, -0.05) is 5.21 Å². The first kappa shape index (κ1) is 18.9. The van der Waals surface area contributed by atoms with Crippen molar-refractivity contribution in [2.75, 3.05) is 13.2 Å². The molecule has 0 saturated heterocycles. The highest BCUT2D eigenvalue weighted by Gasteiger charge is 2.21. The summed E-state index contributed by atoms with van der Waals surface area (Å²) in [6.07, 6.45) is 0.0336. The van der Waals surface area contributed by atoms with E-state index in [0.29, 0.717) is 31.9 Å². The fraction of sp³-hybridized carbons (Fsp3) is 0.714. The molecule has 0 aromatic carbocycles. The Kier molecular flexibility index (Phi) is 6.95. The Morgan fingerprint density at radius 3 is 2.61 bits per heavy atom. The fourth-order valence-corrected chi connectivity index (χ4v) is 1.78. The second kappa shape index (κ2) is 8.47. The highest BCUT2D eigenvalue weighted by Crippen LogP contribution is 2.09. The first-order valence-electron chi connectivity index (χ1n) is 7.45. The highest BCUT2D eigenvalue weighted by atomic mass is 16.6. The zero-order valence-electron chi connectivity index (χ0n) is 14.0. The molecule has 0 fully saturated rings. The van der Waals surface area contributed by atoms with Crippen molar-refractivity contribution < 1.29 is 24.2 Å².